The first-order chi connectivity index (χ1) is 7.13. The Kier molecular flexibility index (Phi) is 4.12. The van der Waals surface area contributed by atoms with Crippen molar-refractivity contribution < 1.29 is 0 Å². The normalized spacial score (nSPS) is 13.7. The fourth-order valence-corrected chi connectivity index (χ4v) is 1.32. The largest absolute Gasteiger partial charge is 0.370 e. The van der Waals surface area contributed by atoms with Gasteiger partial charge in [0, 0.05) is 6.54 Å². The minimum Gasteiger partial charge on any atom is -0.370 e. The zero-order chi connectivity index (χ0) is 11.3. The number of hydrogen-bond acceptors (Lipinski definition) is 2. The van der Waals surface area contributed by atoms with Crippen molar-refractivity contribution >= 4 is 5.96 Å². The van der Waals surface area contributed by atoms with Crippen molar-refractivity contribution in [2.24, 2.45) is 16.5 Å². The van der Waals surface area contributed by atoms with Crippen molar-refractivity contribution in [1.82, 2.24) is 5.32 Å². The lowest BCUT2D eigenvalue weighted by atomic mass is 10.1. The highest BCUT2D eigenvalue weighted by atomic mass is 15.2. The summed E-state index contributed by atoms with van der Waals surface area (Å²) in [6.45, 7) is 4.60. The summed E-state index contributed by atoms with van der Waals surface area (Å²) in [4.78, 5) is 4.02. The number of nitrogens with one attached hydrogen (secondary N) is 1. The fraction of sp³-hybridized carbons (Fsp3) is 0.364. The van der Waals surface area contributed by atoms with Crippen LogP contribution in [0.1, 0.15) is 24.2 Å². The van der Waals surface area contributed by atoms with Crippen molar-refractivity contribution in [3.8, 4) is 0 Å². The van der Waals surface area contributed by atoms with Gasteiger partial charge in [-0.15, -0.1) is 0 Å². The summed E-state index contributed by atoms with van der Waals surface area (Å²) >= 11 is 0. The highest BCUT2D eigenvalue weighted by Gasteiger charge is 2.05. The number of nitrogens with two attached hydrogens (primary N) is 2. The van der Waals surface area contributed by atoms with Gasteiger partial charge in [0.15, 0.2) is 5.96 Å². The number of aliphatic imine (C=N–C) groups is 1. The number of benzene rings is 1. The second kappa shape index (κ2) is 5.36. The standard InChI is InChI=1S/C11H18N4/c1-3-14-11(13)15-10(12)9-6-4-5-8(2)7-9/h4-7,10H,3,12H2,1-2H3,(H3,13,14,15). The molecule has 0 heterocycles. The van der Waals surface area contributed by atoms with Gasteiger partial charge in [-0.05, 0) is 19.4 Å². The molecule has 0 saturated heterocycles. The Labute approximate surface area is 90.4 Å². The SMILES string of the molecule is CCN=C(N)NC(N)c1cccc(C)c1. The Morgan fingerprint density at radius 1 is 1.53 bits per heavy atom. The smallest absolute Gasteiger partial charge is 0.190 e. The average molecular weight is 206 g/mol. The number of hydrogen-bond donors (Lipinski definition) is 3. The molecule has 4 nitrogen and oxygen atoms in total. The first kappa shape index (κ1) is 11.5. The van der Waals surface area contributed by atoms with E-state index in [9.17, 15) is 0 Å². The molecule has 82 valence electrons. The molecular formula is C11H18N4. The molecule has 0 amide bonds. The van der Waals surface area contributed by atoms with Crippen molar-refractivity contribution in [2.75, 3.05) is 6.54 Å². The molecule has 0 saturated carbocycles. The summed E-state index contributed by atoms with van der Waals surface area (Å²) in [7, 11) is 0. The van der Waals surface area contributed by atoms with Gasteiger partial charge in [-0.3, -0.25) is 4.99 Å². The molecule has 0 aliphatic heterocycles. The van der Waals surface area contributed by atoms with Gasteiger partial charge in [0.1, 0.15) is 6.17 Å². The van der Waals surface area contributed by atoms with Crippen molar-refractivity contribution in [3.63, 3.8) is 0 Å². The van der Waals surface area contributed by atoms with Crippen LogP contribution in [0.15, 0.2) is 29.3 Å². The Morgan fingerprint density at radius 3 is 2.87 bits per heavy atom. The molecule has 0 aliphatic carbocycles. The van der Waals surface area contributed by atoms with Gasteiger partial charge in [0.05, 0.1) is 0 Å². The molecule has 0 fully saturated rings. The van der Waals surface area contributed by atoms with Gasteiger partial charge in [0.25, 0.3) is 0 Å². The maximum atomic E-state index is 5.92. The predicted octanol–water partition coefficient (Wildman–Crippen LogP) is 0.877. The molecule has 0 radical (unpaired) electrons. The topological polar surface area (TPSA) is 76.4 Å². The molecule has 0 aliphatic rings. The van der Waals surface area contributed by atoms with Gasteiger partial charge in [-0.25, -0.2) is 0 Å². The molecule has 0 aromatic heterocycles. The summed E-state index contributed by atoms with van der Waals surface area (Å²) in [6.07, 6.45) is -0.305. The monoisotopic (exact) mass is 206 g/mol. The van der Waals surface area contributed by atoms with E-state index < -0.39 is 0 Å². The predicted molar refractivity (Wildman–Crippen MR) is 63.4 cm³/mol. The molecule has 1 rings (SSSR count). The molecule has 1 unspecified atom stereocenters. The van der Waals surface area contributed by atoms with E-state index in [1.807, 2.05) is 38.1 Å². The zero-order valence-electron chi connectivity index (χ0n) is 9.20. The molecular weight excluding hydrogens is 188 g/mol. The summed E-state index contributed by atoms with van der Waals surface area (Å²) in [6, 6.07) is 7.99. The molecule has 0 spiro atoms. The van der Waals surface area contributed by atoms with Gasteiger partial charge in [-0.1, -0.05) is 29.8 Å². The van der Waals surface area contributed by atoms with Crippen molar-refractivity contribution in [2.45, 2.75) is 20.0 Å². The van der Waals surface area contributed by atoms with E-state index >= 15 is 0 Å². The van der Waals surface area contributed by atoms with Crippen LogP contribution in [-0.4, -0.2) is 12.5 Å². The summed E-state index contributed by atoms with van der Waals surface area (Å²) < 4.78 is 0. The third kappa shape index (κ3) is 3.59. The Balaban J connectivity index is 2.69. The quantitative estimate of drug-likeness (QED) is 0.390. The minimum atomic E-state index is -0.305. The molecule has 4 heteroatoms. The van der Waals surface area contributed by atoms with Crippen LogP contribution in [0.2, 0.25) is 0 Å². The maximum absolute atomic E-state index is 5.92. The van der Waals surface area contributed by atoms with Gasteiger partial charge in [-0.2, -0.15) is 0 Å². The van der Waals surface area contributed by atoms with E-state index in [2.05, 4.69) is 10.3 Å². The molecule has 5 N–H and O–H groups in total. The number of rotatable bonds is 3. The van der Waals surface area contributed by atoms with Gasteiger partial charge < -0.3 is 16.8 Å². The lowest BCUT2D eigenvalue weighted by Gasteiger charge is -2.15. The van der Waals surface area contributed by atoms with E-state index in [0.717, 1.165) is 5.56 Å². The third-order valence-corrected chi connectivity index (χ3v) is 2.03. The van der Waals surface area contributed by atoms with Crippen LogP contribution in [0.25, 0.3) is 0 Å². The van der Waals surface area contributed by atoms with Crippen LogP contribution < -0.4 is 16.8 Å². The van der Waals surface area contributed by atoms with Gasteiger partial charge in [0.2, 0.25) is 0 Å². The first-order valence-corrected chi connectivity index (χ1v) is 5.02. The van der Waals surface area contributed by atoms with E-state index in [4.69, 9.17) is 11.5 Å². The van der Waals surface area contributed by atoms with Gasteiger partial charge >= 0.3 is 0 Å². The third-order valence-electron chi connectivity index (χ3n) is 2.03. The lowest BCUT2D eigenvalue weighted by molar-refractivity contribution is 0.674. The van der Waals surface area contributed by atoms with Crippen LogP contribution in [0.3, 0.4) is 0 Å². The molecule has 0 bridgehead atoms. The molecule has 1 aromatic rings. The highest BCUT2D eigenvalue weighted by molar-refractivity contribution is 5.78. The molecule has 1 atom stereocenters. The second-order valence-electron chi connectivity index (χ2n) is 3.40. The number of guanidine groups is 1. The van der Waals surface area contributed by atoms with Crippen LogP contribution in [0.4, 0.5) is 0 Å². The summed E-state index contributed by atoms with van der Waals surface area (Å²) in [5.74, 6) is 0.381. The lowest BCUT2D eigenvalue weighted by Crippen LogP contribution is -2.39. The summed E-state index contributed by atoms with van der Waals surface area (Å²) in [5, 5.41) is 2.93. The van der Waals surface area contributed by atoms with Crippen LogP contribution in [0, 0.1) is 6.92 Å². The Bertz CT molecular complexity index is 346. The van der Waals surface area contributed by atoms with Crippen molar-refractivity contribution in [1.29, 1.82) is 0 Å². The minimum absolute atomic E-state index is 0.305. The fourth-order valence-electron chi connectivity index (χ4n) is 1.32. The molecule has 15 heavy (non-hydrogen) atoms. The Hall–Kier alpha value is -1.55. The van der Waals surface area contributed by atoms with Crippen molar-refractivity contribution in [3.05, 3.63) is 35.4 Å². The number of aryl methyl sites for hydroxylation is 1. The molecule has 1 aromatic carbocycles. The maximum Gasteiger partial charge on any atom is 0.190 e. The van der Waals surface area contributed by atoms with E-state index in [1.54, 1.807) is 0 Å². The average Bonchev–Trinajstić information content (AvgIpc) is 2.18. The van der Waals surface area contributed by atoms with Crippen LogP contribution in [0.5, 0.6) is 0 Å². The van der Waals surface area contributed by atoms with E-state index in [1.165, 1.54) is 5.56 Å². The zero-order valence-corrected chi connectivity index (χ0v) is 9.20. The highest BCUT2D eigenvalue weighted by Crippen LogP contribution is 2.09. The number of nitrogens with zero attached hydrogens (tertiary/aromatic N) is 1. The second-order valence-corrected chi connectivity index (χ2v) is 3.40. The van der Waals surface area contributed by atoms with Crippen LogP contribution in [-0.2, 0) is 0 Å². The first-order valence-electron chi connectivity index (χ1n) is 5.02. The Morgan fingerprint density at radius 2 is 2.27 bits per heavy atom. The van der Waals surface area contributed by atoms with E-state index in [-0.39, 0.29) is 6.17 Å². The van der Waals surface area contributed by atoms with E-state index in [0.29, 0.717) is 12.5 Å². The van der Waals surface area contributed by atoms with Crippen LogP contribution >= 0.6 is 0 Å². The summed E-state index contributed by atoms with van der Waals surface area (Å²) in [5.41, 5.74) is 13.7.